The fourth-order valence-electron chi connectivity index (χ4n) is 2.10. The number of hydrazone groups is 1. The van der Waals surface area contributed by atoms with E-state index in [4.69, 9.17) is 0 Å². The van der Waals surface area contributed by atoms with E-state index >= 15 is 0 Å². The van der Waals surface area contributed by atoms with Crippen molar-refractivity contribution in [2.24, 2.45) is 12.1 Å². The van der Waals surface area contributed by atoms with Crippen molar-refractivity contribution in [1.29, 1.82) is 0 Å². The van der Waals surface area contributed by atoms with Crippen molar-refractivity contribution in [3.63, 3.8) is 0 Å². The Morgan fingerprint density at radius 2 is 2.10 bits per heavy atom. The second-order valence-corrected chi connectivity index (χ2v) is 5.47. The van der Waals surface area contributed by atoms with Crippen molar-refractivity contribution in [3.05, 3.63) is 15.9 Å². The number of nitrogens with zero attached hydrogens (tertiary/aromatic N) is 4. The lowest BCUT2D eigenvalue weighted by Crippen LogP contribution is -2.51. The Bertz CT molecular complexity index is 601. The van der Waals surface area contributed by atoms with E-state index < -0.39 is 18.1 Å². The van der Waals surface area contributed by atoms with E-state index in [1.807, 2.05) is 0 Å². The van der Waals surface area contributed by atoms with Crippen molar-refractivity contribution < 1.29 is 18.7 Å². The van der Waals surface area contributed by atoms with Crippen molar-refractivity contribution in [1.82, 2.24) is 14.8 Å². The molecule has 1 aliphatic heterocycles. The van der Waals surface area contributed by atoms with E-state index in [0.29, 0.717) is 15.2 Å². The zero-order chi connectivity index (χ0) is 15.2. The Morgan fingerprint density at radius 1 is 1.50 bits per heavy atom. The van der Waals surface area contributed by atoms with E-state index in [1.54, 1.807) is 6.92 Å². The highest BCUT2D eigenvalue weighted by Gasteiger charge is 2.51. The molecule has 0 aliphatic carbocycles. The van der Waals surface area contributed by atoms with Crippen LogP contribution in [0.1, 0.15) is 29.5 Å². The molecule has 0 fully saturated rings. The molecule has 6 nitrogen and oxygen atoms in total. The molecule has 2 rings (SSSR count). The molecule has 0 radical (unpaired) electrons. The fraction of sp³-hybridized carbons (Fsp3) is 0.545. The molecule has 1 N–H and O–H groups in total. The van der Waals surface area contributed by atoms with Gasteiger partial charge in [0, 0.05) is 19.2 Å². The fourth-order valence-corrected chi connectivity index (χ4v) is 2.61. The van der Waals surface area contributed by atoms with Crippen molar-refractivity contribution in [3.8, 4) is 0 Å². The van der Waals surface area contributed by atoms with Gasteiger partial charge in [-0.25, -0.2) is 8.78 Å². The highest BCUT2D eigenvalue weighted by atomic mass is 79.9. The third kappa shape index (κ3) is 2.14. The van der Waals surface area contributed by atoms with Crippen LogP contribution in [-0.4, -0.2) is 43.7 Å². The number of alkyl halides is 2. The van der Waals surface area contributed by atoms with E-state index in [2.05, 4.69) is 26.1 Å². The Kier molecular flexibility index (Phi) is 3.67. The monoisotopic (exact) mass is 350 g/mol. The van der Waals surface area contributed by atoms with Crippen LogP contribution in [0.15, 0.2) is 9.57 Å². The van der Waals surface area contributed by atoms with Crippen LogP contribution < -0.4 is 0 Å². The molecular formula is C11H13BrF2N4O2. The molecular weight excluding hydrogens is 338 g/mol. The number of rotatable bonds is 2. The third-order valence-electron chi connectivity index (χ3n) is 3.05. The molecule has 1 aromatic heterocycles. The summed E-state index contributed by atoms with van der Waals surface area (Å²) >= 11 is 3.19. The molecule has 0 spiro atoms. The predicted molar refractivity (Wildman–Crippen MR) is 70.5 cm³/mol. The Hall–Kier alpha value is -1.35. The van der Waals surface area contributed by atoms with E-state index in [9.17, 15) is 18.7 Å². The van der Waals surface area contributed by atoms with Crippen LogP contribution in [0.3, 0.4) is 0 Å². The molecule has 1 aliphatic rings. The molecule has 0 saturated carbocycles. The number of carbonyl (C=O) groups excluding carboxylic acids is 1. The zero-order valence-corrected chi connectivity index (χ0v) is 12.6. The van der Waals surface area contributed by atoms with Gasteiger partial charge in [-0.15, -0.1) is 0 Å². The van der Waals surface area contributed by atoms with Crippen LogP contribution in [0, 0.1) is 6.92 Å². The normalized spacial score (nSPS) is 22.6. The first kappa shape index (κ1) is 15.0. The molecule has 1 unspecified atom stereocenters. The Morgan fingerprint density at radius 3 is 2.55 bits per heavy atom. The maximum Gasteiger partial charge on any atom is 0.296 e. The van der Waals surface area contributed by atoms with Crippen LogP contribution in [0.5, 0.6) is 0 Å². The topological polar surface area (TPSA) is 70.7 Å². The van der Waals surface area contributed by atoms with Crippen molar-refractivity contribution in [2.45, 2.75) is 32.4 Å². The highest BCUT2D eigenvalue weighted by Crippen LogP contribution is 2.34. The highest BCUT2D eigenvalue weighted by molar-refractivity contribution is 9.10. The average Bonchev–Trinajstić information content (AvgIpc) is 2.77. The first-order valence-electron chi connectivity index (χ1n) is 5.76. The van der Waals surface area contributed by atoms with Crippen LogP contribution in [-0.2, 0) is 7.05 Å². The summed E-state index contributed by atoms with van der Waals surface area (Å²) in [7, 11) is 1.51. The minimum Gasteiger partial charge on any atom is -0.364 e. The zero-order valence-electron chi connectivity index (χ0n) is 11.1. The minimum absolute atomic E-state index is 0.0556. The lowest BCUT2D eigenvalue weighted by Gasteiger charge is -2.29. The van der Waals surface area contributed by atoms with Crippen LogP contribution in [0.4, 0.5) is 8.78 Å². The molecule has 0 saturated heterocycles. The quantitative estimate of drug-likeness (QED) is 0.881. The molecule has 1 atom stereocenters. The molecule has 0 aromatic carbocycles. The lowest BCUT2D eigenvalue weighted by atomic mass is 10.1. The second kappa shape index (κ2) is 4.88. The summed E-state index contributed by atoms with van der Waals surface area (Å²) in [6.07, 6.45) is -3.51. The van der Waals surface area contributed by atoms with Gasteiger partial charge in [0.2, 0.25) is 5.72 Å². The maximum atomic E-state index is 13.1. The number of amides is 1. The van der Waals surface area contributed by atoms with Gasteiger partial charge in [-0.1, -0.05) is 0 Å². The van der Waals surface area contributed by atoms with Crippen LogP contribution in [0.25, 0.3) is 0 Å². The summed E-state index contributed by atoms with van der Waals surface area (Å²) in [6, 6.07) is 0. The molecule has 1 amide bonds. The van der Waals surface area contributed by atoms with Gasteiger partial charge in [-0.05, 0) is 29.8 Å². The Balaban J connectivity index is 2.47. The molecule has 1 aromatic rings. The molecule has 9 heteroatoms. The van der Waals surface area contributed by atoms with Crippen LogP contribution in [0.2, 0.25) is 0 Å². The first-order valence-corrected chi connectivity index (χ1v) is 6.56. The minimum atomic E-state index is -3.12. The number of carbonyl (C=O) groups is 1. The van der Waals surface area contributed by atoms with Gasteiger partial charge in [0.05, 0.1) is 10.2 Å². The van der Waals surface area contributed by atoms with Gasteiger partial charge in [-0.2, -0.15) is 15.2 Å². The van der Waals surface area contributed by atoms with E-state index in [1.165, 1.54) is 18.7 Å². The smallest absolute Gasteiger partial charge is 0.296 e. The van der Waals surface area contributed by atoms with Gasteiger partial charge in [0.15, 0.2) is 0 Å². The number of aryl methyl sites for hydroxylation is 2. The molecule has 20 heavy (non-hydrogen) atoms. The predicted octanol–water partition coefficient (Wildman–Crippen LogP) is 1.67. The lowest BCUT2D eigenvalue weighted by molar-refractivity contribution is -0.164. The number of hydrogen-bond donors (Lipinski definition) is 1. The van der Waals surface area contributed by atoms with Crippen LogP contribution >= 0.6 is 15.9 Å². The van der Waals surface area contributed by atoms with Gasteiger partial charge < -0.3 is 5.11 Å². The van der Waals surface area contributed by atoms with E-state index in [0.717, 1.165) is 0 Å². The summed E-state index contributed by atoms with van der Waals surface area (Å²) in [5, 5.41) is 18.2. The summed E-state index contributed by atoms with van der Waals surface area (Å²) in [6.45, 7) is 3.14. The largest absolute Gasteiger partial charge is 0.364 e. The van der Waals surface area contributed by atoms with Gasteiger partial charge in [0.1, 0.15) is 5.69 Å². The van der Waals surface area contributed by atoms with Gasteiger partial charge >= 0.3 is 0 Å². The second-order valence-electron chi connectivity index (χ2n) is 4.68. The van der Waals surface area contributed by atoms with Crippen molar-refractivity contribution >= 4 is 27.5 Å². The number of aromatic nitrogens is 2. The van der Waals surface area contributed by atoms with Crippen molar-refractivity contribution in [2.75, 3.05) is 0 Å². The summed E-state index contributed by atoms with van der Waals surface area (Å²) in [5.41, 5.74) is -1.76. The number of aliphatic hydroxyl groups is 1. The van der Waals surface area contributed by atoms with E-state index in [-0.39, 0.29) is 17.8 Å². The third-order valence-corrected chi connectivity index (χ3v) is 4.00. The number of halogens is 3. The molecule has 0 bridgehead atoms. The SMILES string of the molecule is CC1=NN(C(=O)c2c(Br)c(C)nn2C)C(O)(C(F)F)C1. The average molecular weight is 351 g/mol. The first-order chi connectivity index (χ1) is 9.18. The summed E-state index contributed by atoms with van der Waals surface area (Å²) in [5.74, 6) is -0.834. The maximum absolute atomic E-state index is 13.1. The molecule has 110 valence electrons. The summed E-state index contributed by atoms with van der Waals surface area (Å²) < 4.78 is 27.8. The van der Waals surface area contributed by atoms with Gasteiger partial charge in [0.25, 0.3) is 12.3 Å². The number of hydrogen-bond acceptors (Lipinski definition) is 4. The van der Waals surface area contributed by atoms with Gasteiger partial charge in [-0.3, -0.25) is 9.48 Å². The summed E-state index contributed by atoms with van der Waals surface area (Å²) in [4.78, 5) is 12.4. The Labute approximate surface area is 122 Å². The standard InChI is InChI=1S/C11H13BrF2N4O2/c1-5-4-11(20,10(13)14)18(15-5)9(19)8-7(12)6(2)16-17(8)3/h10,20H,4H2,1-3H3. The molecule has 2 heterocycles.